The molecule has 1 aromatic carbocycles. The Labute approximate surface area is 80.7 Å². The van der Waals surface area contributed by atoms with Gasteiger partial charge < -0.3 is 4.98 Å². The molecule has 1 heterocycles. The summed E-state index contributed by atoms with van der Waals surface area (Å²) >= 11 is 5.91. The van der Waals surface area contributed by atoms with Crippen LogP contribution in [0.15, 0.2) is 24.4 Å². The van der Waals surface area contributed by atoms with E-state index in [0.717, 1.165) is 21.5 Å². The molecule has 3 heteroatoms. The molecule has 2 nitrogen and oxygen atoms in total. The van der Waals surface area contributed by atoms with E-state index in [1.54, 1.807) is 6.20 Å². The van der Waals surface area contributed by atoms with Crippen LogP contribution in [0.2, 0.25) is 5.02 Å². The van der Waals surface area contributed by atoms with Crippen molar-refractivity contribution in [2.45, 2.75) is 6.42 Å². The van der Waals surface area contributed by atoms with Crippen molar-refractivity contribution >= 4 is 22.5 Å². The van der Waals surface area contributed by atoms with E-state index in [9.17, 15) is 0 Å². The standard InChI is InChI=1S/C10H7ClN2/c11-9-6-13-10-5-7(3-4-12)1-2-8(9)10/h1-2,5-6,13H,3H2. The highest BCUT2D eigenvalue weighted by Crippen LogP contribution is 2.23. The Morgan fingerprint density at radius 2 is 2.31 bits per heavy atom. The van der Waals surface area contributed by atoms with Gasteiger partial charge in [-0.2, -0.15) is 5.26 Å². The summed E-state index contributed by atoms with van der Waals surface area (Å²) in [5.74, 6) is 0. The summed E-state index contributed by atoms with van der Waals surface area (Å²) in [5, 5.41) is 10.2. The van der Waals surface area contributed by atoms with Crippen LogP contribution < -0.4 is 0 Å². The molecule has 0 amide bonds. The van der Waals surface area contributed by atoms with Crippen molar-refractivity contribution in [1.82, 2.24) is 4.98 Å². The Bertz CT molecular complexity index is 479. The van der Waals surface area contributed by atoms with Crippen molar-refractivity contribution in [3.8, 4) is 6.07 Å². The van der Waals surface area contributed by atoms with Crippen molar-refractivity contribution in [3.63, 3.8) is 0 Å². The molecular formula is C10H7ClN2. The monoisotopic (exact) mass is 190 g/mol. The Hall–Kier alpha value is -1.46. The summed E-state index contributed by atoms with van der Waals surface area (Å²) in [6.45, 7) is 0. The molecule has 0 atom stereocenters. The summed E-state index contributed by atoms with van der Waals surface area (Å²) in [4.78, 5) is 3.05. The second kappa shape index (κ2) is 3.12. The fourth-order valence-electron chi connectivity index (χ4n) is 1.34. The van der Waals surface area contributed by atoms with Gasteiger partial charge in [0.05, 0.1) is 17.5 Å². The molecule has 1 aromatic heterocycles. The minimum atomic E-state index is 0.437. The number of nitriles is 1. The highest BCUT2D eigenvalue weighted by atomic mass is 35.5. The first-order chi connectivity index (χ1) is 6.31. The van der Waals surface area contributed by atoms with Crippen LogP contribution in [-0.2, 0) is 6.42 Å². The second-order valence-electron chi connectivity index (χ2n) is 2.85. The third-order valence-corrected chi connectivity index (χ3v) is 2.29. The lowest BCUT2D eigenvalue weighted by atomic mass is 10.1. The van der Waals surface area contributed by atoms with E-state index in [1.165, 1.54) is 0 Å². The van der Waals surface area contributed by atoms with Crippen LogP contribution in [0, 0.1) is 11.3 Å². The number of nitrogens with one attached hydrogen (secondary N) is 1. The highest BCUT2D eigenvalue weighted by Gasteiger charge is 2.01. The fraction of sp³-hybridized carbons (Fsp3) is 0.100. The molecule has 64 valence electrons. The normalized spacial score (nSPS) is 10.2. The van der Waals surface area contributed by atoms with Crippen LogP contribution in [0.1, 0.15) is 5.56 Å². The maximum absolute atomic E-state index is 8.51. The molecule has 0 aliphatic rings. The lowest BCUT2D eigenvalue weighted by Gasteiger charge is -1.94. The average molecular weight is 191 g/mol. The molecule has 13 heavy (non-hydrogen) atoms. The van der Waals surface area contributed by atoms with E-state index in [4.69, 9.17) is 16.9 Å². The van der Waals surface area contributed by atoms with Crippen molar-refractivity contribution in [3.05, 3.63) is 35.0 Å². The molecule has 0 saturated carbocycles. The zero-order chi connectivity index (χ0) is 9.26. The summed E-state index contributed by atoms with van der Waals surface area (Å²) in [7, 11) is 0. The number of H-pyrrole nitrogens is 1. The first kappa shape index (κ1) is 8.15. The number of nitrogens with zero attached hydrogens (tertiary/aromatic N) is 1. The third kappa shape index (κ3) is 1.39. The number of aromatic nitrogens is 1. The lowest BCUT2D eigenvalue weighted by molar-refractivity contribution is 1.27. The summed E-state index contributed by atoms with van der Waals surface area (Å²) in [5.41, 5.74) is 1.99. The van der Waals surface area contributed by atoms with E-state index < -0.39 is 0 Å². The quantitative estimate of drug-likeness (QED) is 0.738. The van der Waals surface area contributed by atoms with Crippen LogP contribution in [0.25, 0.3) is 10.9 Å². The lowest BCUT2D eigenvalue weighted by Crippen LogP contribution is -1.80. The maximum Gasteiger partial charge on any atom is 0.0669 e. The number of fused-ring (bicyclic) bond motifs is 1. The molecule has 0 saturated heterocycles. The number of aromatic amines is 1. The Morgan fingerprint density at radius 1 is 1.46 bits per heavy atom. The highest BCUT2D eigenvalue weighted by molar-refractivity contribution is 6.35. The molecular weight excluding hydrogens is 184 g/mol. The van der Waals surface area contributed by atoms with Gasteiger partial charge in [0.1, 0.15) is 0 Å². The first-order valence-electron chi connectivity index (χ1n) is 3.94. The van der Waals surface area contributed by atoms with E-state index >= 15 is 0 Å². The number of rotatable bonds is 1. The third-order valence-electron chi connectivity index (χ3n) is 1.98. The van der Waals surface area contributed by atoms with Gasteiger partial charge in [0.2, 0.25) is 0 Å². The Balaban J connectivity index is 2.58. The van der Waals surface area contributed by atoms with Gasteiger partial charge in [0.25, 0.3) is 0 Å². The van der Waals surface area contributed by atoms with Gasteiger partial charge in [-0.15, -0.1) is 0 Å². The SMILES string of the molecule is N#CCc1ccc2c(Cl)c[nH]c2c1. The van der Waals surface area contributed by atoms with Crippen LogP contribution in [0.3, 0.4) is 0 Å². The second-order valence-corrected chi connectivity index (χ2v) is 3.26. The predicted molar refractivity (Wildman–Crippen MR) is 52.6 cm³/mol. The smallest absolute Gasteiger partial charge is 0.0669 e. The van der Waals surface area contributed by atoms with Gasteiger partial charge in [-0.05, 0) is 11.6 Å². The predicted octanol–water partition coefficient (Wildman–Crippen LogP) is 2.89. The molecule has 2 aromatic rings. The van der Waals surface area contributed by atoms with Gasteiger partial charge in [-0.1, -0.05) is 23.7 Å². The van der Waals surface area contributed by atoms with Crippen LogP contribution in [-0.4, -0.2) is 4.98 Å². The number of hydrogen-bond acceptors (Lipinski definition) is 1. The molecule has 0 spiro atoms. The molecule has 0 fully saturated rings. The number of benzene rings is 1. The topological polar surface area (TPSA) is 39.6 Å². The van der Waals surface area contributed by atoms with Crippen LogP contribution >= 0.6 is 11.6 Å². The zero-order valence-electron chi connectivity index (χ0n) is 6.84. The van der Waals surface area contributed by atoms with Crippen molar-refractivity contribution in [2.75, 3.05) is 0 Å². The molecule has 0 aliphatic heterocycles. The van der Waals surface area contributed by atoms with E-state index in [-0.39, 0.29) is 0 Å². The number of hydrogen-bond donors (Lipinski definition) is 1. The van der Waals surface area contributed by atoms with Gasteiger partial charge in [0.15, 0.2) is 0 Å². The Morgan fingerprint density at radius 3 is 3.08 bits per heavy atom. The van der Waals surface area contributed by atoms with Gasteiger partial charge >= 0.3 is 0 Å². The van der Waals surface area contributed by atoms with Crippen LogP contribution in [0.4, 0.5) is 0 Å². The van der Waals surface area contributed by atoms with Gasteiger partial charge in [-0.3, -0.25) is 0 Å². The molecule has 0 unspecified atom stereocenters. The zero-order valence-corrected chi connectivity index (χ0v) is 7.60. The maximum atomic E-state index is 8.51. The molecule has 2 rings (SSSR count). The molecule has 0 bridgehead atoms. The van der Waals surface area contributed by atoms with Crippen molar-refractivity contribution in [1.29, 1.82) is 5.26 Å². The Kier molecular flexibility index (Phi) is 1.96. The van der Waals surface area contributed by atoms with E-state index in [0.29, 0.717) is 6.42 Å². The molecule has 0 radical (unpaired) electrons. The summed E-state index contributed by atoms with van der Waals surface area (Å²) < 4.78 is 0. The van der Waals surface area contributed by atoms with E-state index in [2.05, 4.69) is 11.1 Å². The van der Waals surface area contributed by atoms with Gasteiger partial charge in [-0.25, -0.2) is 0 Å². The summed E-state index contributed by atoms with van der Waals surface area (Å²) in [6, 6.07) is 7.91. The molecule has 1 N–H and O–H groups in total. The van der Waals surface area contributed by atoms with E-state index in [1.807, 2.05) is 18.2 Å². The van der Waals surface area contributed by atoms with Crippen molar-refractivity contribution in [2.24, 2.45) is 0 Å². The summed E-state index contributed by atoms with van der Waals surface area (Å²) in [6.07, 6.45) is 2.19. The van der Waals surface area contributed by atoms with Crippen molar-refractivity contribution < 1.29 is 0 Å². The molecule has 0 aliphatic carbocycles. The van der Waals surface area contributed by atoms with Gasteiger partial charge in [0, 0.05) is 17.1 Å². The minimum Gasteiger partial charge on any atom is -0.360 e. The average Bonchev–Trinajstić information content (AvgIpc) is 2.48. The van der Waals surface area contributed by atoms with Crippen LogP contribution in [0.5, 0.6) is 0 Å². The number of halogens is 1. The fourth-order valence-corrected chi connectivity index (χ4v) is 1.56. The first-order valence-corrected chi connectivity index (χ1v) is 4.31. The largest absolute Gasteiger partial charge is 0.360 e. The minimum absolute atomic E-state index is 0.437.